The molecule has 0 saturated heterocycles. The molecule has 0 aromatic heterocycles. The van der Waals surface area contributed by atoms with Crippen molar-refractivity contribution in [2.45, 2.75) is 32.6 Å². The van der Waals surface area contributed by atoms with Crippen molar-refractivity contribution in [3.05, 3.63) is 0 Å². The lowest BCUT2D eigenvalue weighted by Crippen LogP contribution is -2.09. The van der Waals surface area contributed by atoms with E-state index in [1.165, 1.54) is 0 Å². The summed E-state index contributed by atoms with van der Waals surface area (Å²) in [5.41, 5.74) is 0. The van der Waals surface area contributed by atoms with Crippen LogP contribution in [0.1, 0.15) is 32.6 Å². The number of nitrogens with zero attached hydrogens (tertiary/aromatic N) is 1. The predicted molar refractivity (Wildman–Crippen MR) is 54.0 cm³/mol. The Kier molecular flexibility index (Phi) is 6.50. The second kappa shape index (κ2) is 6.80. The van der Waals surface area contributed by atoms with E-state index < -0.39 is 10.1 Å². The number of nitriles is 1. The summed E-state index contributed by atoms with van der Waals surface area (Å²) in [5, 5.41) is 8.51. The lowest BCUT2D eigenvalue weighted by molar-refractivity contribution is 0.279. The van der Waals surface area contributed by atoms with Crippen molar-refractivity contribution in [1.29, 1.82) is 5.26 Å². The summed E-state index contributed by atoms with van der Waals surface area (Å²) in [7, 11) is -3.33. The van der Waals surface area contributed by atoms with Gasteiger partial charge in [0.25, 0.3) is 10.1 Å². The fourth-order valence-corrected chi connectivity index (χ4v) is 1.65. The Morgan fingerprint density at radius 2 is 2.07 bits per heavy atom. The molecule has 0 saturated carbocycles. The molecule has 0 amide bonds. The molecule has 0 fully saturated rings. The second-order valence-electron chi connectivity index (χ2n) is 3.33. The van der Waals surface area contributed by atoms with Gasteiger partial charge in [0, 0.05) is 6.42 Å². The van der Waals surface area contributed by atoms with Gasteiger partial charge in [-0.3, -0.25) is 4.18 Å². The smallest absolute Gasteiger partial charge is 0.264 e. The number of hydrogen-bond donors (Lipinski definition) is 0. The van der Waals surface area contributed by atoms with E-state index in [9.17, 15) is 8.42 Å². The first-order chi connectivity index (χ1) is 6.49. The molecule has 0 aromatic rings. The van der Waals surface area contributed by atoms with Crippen molar-refractivity contribution in [2.24, 2.45) is 5.92 Å². The van der Waals surface area contributed by atoms with E-state index in [4.69, 9.17) is 5.26 Å². The molecule has 0 rings (SSSR count). The summed E-state index contributed by atoms with van der Waals surface area (Å²) >= 11 is 0. The third kappa shape index (κ3) is 8.02. The van der Waals surface area contributed by atoms with Gasteiger partial charge in [0.2, 0.25) is 0 Å². The summed E-state index contributed by atoms with van der Waals surface area (Å²) < 4.78 is 25.9. The maximum absolute atomic E-state index is 10.6. The predicted octanol–water partition coefficient (Wildman–Crippen LogP) is 1.68. The van der Waals surface area contributed by atoms with Gasteiger partial charge >= 0.3 is 0 Å². The molecule has 0 aliphatic carbocycles. The zero-order chi connectivity index (χ0) is 11.0. The average Bonchev–Trinajstić information content (AvgIpc) is 2.02. The van der Waals surface area contributed by atoms with Crippen molar-refractivity contribution in [3.8, 4) is 6.07 Å². The number of rotatable bonds is 7. The molecule has 0 aliphatic rings. The van der Waals surface area contributed by atoms with Gasteiger partial charge in [0.15, 0.2) is 0 Å². The molecule has 1 unspecified atom stereocenters. The summed E-state index contributed by atoms with van der Waals surface area (Å²) in [4.78, 5) is 0. The van der Waals surface area contributed by atoms with Gasteiger partial charge < -0.3 is 0 Å². The van der Waals surface area contributed by atoms with E-state index in [2.05, 4.69) is 10.3 Å². The van der Waals surface area contributed by atoms with Crippen LogP contribution >= 0.6 is 0 Å². The van der Waals surface area contributed by atoms with Crippen molar-refractivity contribution < 1.29 is 12.6 Å². The highest BCUT2D eigenvalue weighted by atomic mass is 32.2. The van der Waals surface area contributed by atoms with Gasteiger partial charge in [0.1, 0.15) is 0 Å². The lowest BCUT2D eigenvalue weighted by Gasteiger charge is -2.11. The summed E-state index contributed by atoms with van der Waals surface area (Å²) in [6.07, 6.45) is 4.09. The molecule has 82 valence electrons. The Hall–Kier alpha value is -0.600. The Labute approximate surface area is 86.0 Å². The Morgan fingerprint density at radius 3 is 2.50 bits per heavy atom. The molecular weight excluding hydrogens is 202 g/mol. The van der Waals surface area contributed by atoms with Crippen LogP contribution in [0.3, 0.4) is 0 Å². The molecule has 0 spiro atoms. The quantitative estimate of drug-likeness (QED) is 0.611. The Morgan fingerprint density at radius 1 is 1.43 bits per heavy atom. The normalized spacial score (nSPS) is 13.5. The molecular formula is C9H17NO3S. The number of hydrogen-bond acceptors (Lipinski definition) is 4. The van der Waals surface area contributed by atoms with Crippen LogP contribution in [-0.4, -0.2) is 21.3 Å². The maximum atomic E-state index is 10.6. The minimum absolute atomic E-state index is 0.186. The second-order valence-corrected chi connectivity index (χ2v) is 4.98. The van der Waals surface area contributed by atoms with E-state index in [0.717, 1.165) is 19.1 Å². The van der Waals surface area contributed by atoms with Crippen molar-refractivity contribution in [1.82, 2.24) is 0 Å². The van der Waals surface area contributed by atoms with Crippen LogP contribution in [0.15, 0.2) is 0 Å². The highest BCUT2D eigenvalue weighted by molar-refractivity contribution is 7.85. The SMILES string of the molecule is CCCC(CC#N)CCOS(C)(=O)=O. The standard InChI is InChI=1S/C9H17NO3S/c1-3-4-9(5-7-10)6-8-13-14(2,11)12/h9H,3-6,8H2,1-2H3. The molecule has 0 heterocycles. The molecule has 5 heteroatoms. The largest absolute Gasteiger partial charge is 0.270 e. The average molecular weight is 219 g/mol. The van der Waals surface area contributed by atoms with Crippen LogP contribution < -0.4 is 0 Å². The minimum Gasteiger partial charge on any atom is -0.270 e. The lowest BCUT2D eigenvalue weighted by atomic mass is 9.97. The molecule has 1 atom stereocenters. The molecule has 0 N–H and O–H groups in total. The molecule has 0 aromatic carbocycles. The highest BCUT2D eigenvalue weighted by Crippen LogP contribution is 2.15. The van der Waals surface area contributed by atoms with Gasteiger partial charge in [-0.15, -0.1) is 0 Å². The zero-order valence-corrected chi connectivity index (χ0v) is 9.51. The third-order valence-electron chi connectivity index (χ3n) is 1.90. The van der Waals surface area contributed by atoms with Gasteiger partial charge in [0.05, 0.1) is 18.9 Å². The van der Waals surface area contributed by atoms with Gasteiger partial charge in [-0.2, -0.15) is 13.7 Å². The fourth-order valence-electron chi connectivity index (χ4n) is 1.25. The van der Waals surface area contributed by atoms with Crippen LogP contribution in [0.2, 0.25) is 0 Å². The highest BCUT2D eigenvalue weighted by Gasteiger charge is 2.09. The van der Waals surface area contributed by atoms with E-state index in [1.54, 1.807) is 0 Å². The molecule has 0 radical (unpaired) electrons. The zero-order valence-electron chi connectivity index (χ0n) is 8.69. The topological polar surface area (TPSA) is 67.2 Å². The van der Waals surface area contributed by atoms with E-state index in [0.29, 0.717) is 12.8 Å². The summed E-state index contributed by atoms with van der Waals surface area (Å²) in [5.74, 6) is 0.256. The van der Waals surface area contributed by atoms with Crippen LogP contribution in [0.4, 0.5) is 0 Å². The van der Waals surface area contributed by atoms with E-state index in [-0.39, 0.29) is 12.5 Å². The van der Waals surface area contributed by atoms with E-state index >= 15 is 0 Å². The monoisotopic (exact) mass is 219 g/mol. The summed E-state index contributed by atoms with van der Waals surface area (Å²) in [6.45, 7) is 2.23. The fraction of sp³-hybridized carbons (Fsp3) is 0.889. The van der Waals surface area contributed by atoms with Gasteiger partial charge in [-0.25, -0.2) is 0 Å². The molecule has 0 bridgehead atoms. The minimum atomic E-state index is -3.33. The third-order valence-corrected chi connectivity index (χ3v) is 2.50. The van der Waals surface area contributed by atoms with Crippen LogP contribution in [0.25, 0.3) is 0 Å². The van der Waals surface area contributed by atoms with Crippen LogP contribution in [0, 0.1) is 17.2 Å². The van der Waals surface area contributed by atoms with Crippen LogP contribution in [-0.2, 0) is 14.3 Å². The van der Waals surface area contributed by atoms with Crippen LogP contribution in [0.5, 0.6) is 0 Å². The van der Waals surface area contributed by atoms with Gasteiger partial charge in [-0.05, 0) is 18.8 Å². The van der Waals surface area contributed by atoms with Crippen molar-refractivity contribution in [2.75, 3.05) is 12.9 Å². The first-order valence-electron chi connectivity index (χ1n) is 4.71. The van der Waals surface area contributed by atoms with E-state index in [1.807, 2.05) is 6.92 Å². The van der Waals surface area contributed by atoms with Crippen molar-refractivity contribution >= 4 is 10.1 Å². The Balaban J connectivity index is 3.77. The van der Waals surface area contributed by atoms with Gasteiger partial charge in [-0.1, -0.05) is 13.3 Å². The maximum Gasteiger partial charge on any atom is 0.264 e. The first kappa shape index (κ1) is 13.4. The Bertz CT molecular complexity index is 279. The molecule has 4 nitrogen and oxygen atoms in total. The first-order valence-corrected chi connectivity index (χ1v) is 6.52. The molecule has 0 aliphatic heterocycles. The molecule has 14 heavy (non-hydrogen) atoms. The summed E-state index contributed by atoms with van der Waals surface area (Å²) in [6, 6.07) is 2.10. The van der Waals surface area contributed by atoms with Crippen molar-refractivity contribution in [3.63, 3.8) is 0 Å².